The summed E-state index contributed by atoms with van der Waals surface area (Å²) >= 11 is 0. The van der Waals surface area contributed by atoms with Crippen LogP contribution in [0.5, 0.6) is 0 Å². The summed E-state index contributed by atoms with van der Waals surface area (Å²) in [5.74, 6) is 0.806. The molecule has 1 aliphatic heterocycles. The molecule has 0 N–H and O–H groups in total. The van der Waals surface area contributed by atoms with Crippen LogP contribution in [0, 0.1) is 12.7 Å². The van der Waals surface area contributed by atoms with Crippen LogP contribution in [-0.4, -0.2) is 27.3 Å². The highest BCUT2D eigenvalue weighted by molar-refractivity contribution is 5.92. The van der Waals surface area contributed by atoms with E-state index in [1.807, 2.05) is 25.1 Å². The van der Waals surface area contributed by atoms with E-state index in [4.69, 9.17) is 4.42 Å². The molecule has 1 unspecified atom stereocenters. The lowest BCUT2D eigenvalue weighted by Crippen LogP contribution is -2.31. The third-order valence-electron chi connectivity index (χ3n) is 4.74. The number of hydrogen-bond acceptors (Lipinski definition) is 4. The van der Waals surface area contributed by atoms with Gasteiger partial charge in [0.1, 0.15) is 23.3 Å². The van der Waals surface area contributed by atoms with Crippen LogP contribution in [0.25, 0.3) is 0 Å². The maximum absolute atomic E-state index is 13.4. The van der Waals surface area contributed by atoms with E-state index in [2.05, 4.69) is 9.97 Å². The van der Waals surface area contributed by atoms with Crippen molar-refractivity contribution in [2.45, 2.75) is 32.2 Å². The Balaban J connectivity index is 1.52. The number of benzene rings is 1. The average molecular weight is 365 g/mol. The molecule has 3 heterocycles. The van der Waals surface area contributed by atoms with Crippen molar-refractivity contribution in [1.82, 2.24) is 14.9 Å². The lowest BCUT2D eigenvalue weighted by Gasteiger charge is -2.22. The Hall–Kier alpha value is -3.02. The Morgan fingerprint density at radius 1 is 1.30 bits per heavy atom. The summed E-state index contributed by atoms with van der Waals surface area (Å²) in [7, 11) is 0. The molecule has 27 heavy (non-hydrogen) atoms. The third kappa shape index (κ3) is 3.74. The van der Waals surface area contributed by atoms with Crippen molar-refractivity contribution in [3.63, 3.8) is 0 Å². The second-order valence-electron chi connectivity index (χ2n) is 6.79. The molecule has 1 aromatic carbocycles. The number of aromatic nitrogens is 2. The first-order valence-electron chi connectivity index (χ1n) is 9.04. The number of pyridine rings is 1. The van der Waals surface area contributed by atoms with Gasteiger partial charge in [0.25, 0.3) is 5.91 Å². The van der Waals surface area contributed by atoms with E-state index in [1.54, 1.807) is 23.2 Å². The highest BCUT2D eigenvalue weighted by atomic mass is 19.1. The number of amides is 1. The maximum Gasteiger partial charge on any atom is 0.273 e. The zero-order valence-corrected chi connectivity index (χ0v) is 15.1. The fourth-order valence-corrected chi connectivity index (χ4v) is 3.48. The second kappa shape index (κ2) is 7.31. The fourth-order valence-electron chi connectivity index (χ4n) is 3.48. The molecule has 0 saturated carbocycles. The minimum Gasteiger partial charge on any atom is -0.443 e. The van der Waals surface area contributed by atoms with E-state index >= 15 is 0 Å². The van der Waals surface area contributed by atoms with Crippen LogP contribution in [-0.2, 0) is 6.42 Å². The van der Waals surface area contributed by atoms with Crippen molar-refractivity contribution in [3.8, 4) is 0 Å². The summed E-state index contributed by atoms with van der Waals surface area (Å²) in [5.41, 5.74) is 2.07. The largest absolute Gasteiger partial charge is 0.443 e. The first kappa shape index (κ1) is 17.4. The van der Waals surface area contributed by atoms with Gasteiger partial charge in [0.15, 0.2) is 0 Å². The predicted molar refractivity (Wildman–Crippen MR) is 97.7 cm³/mol. The van der Waals surface area contributed by atoms with Crippen molar-refractivity contribution >= 4 is 5.91 Å². The summed E-state index contributed by atoms with van der Waals surface area (Å²) in [6, 6.07) is 11.7. The van der Waals surface area contributed by atoms with Gasteiger partial charge < -0.3 is 9.32 Å². The molecule has 1 fully saturated rings. The van der Waals surface area contributed by atoms with Crippen LogP contribution >= 0.6 is 0 Å². The van der Waals surface area contributed by atoms with Gasteiger partial charge in [-0.25, -0.2) is 14.4 Å². The van der Waals surface area contributed by atoms with Gasteiger partial charge in [-0.05, 0) is 49.6 Å². The Kier molecular flexibility index (Phi) is 4.71. The van der Waals surface area contributed by atoms with Gasteiger partial charge in [-0.2, -0.15) is 0 Å². The molecule has 1 aliphatic rings. The van der Waals surface area contributed by atoms with E-state index in [0.29, 0.717) is 30.3 Å². The summed E-state index contributed by atoms with van der Waals surface area (Å²) in [6.45, 7) is 2.52. The molecule has 1 atom stereocenters. The highest BCUT2D eigenvalue weighted by Crippen LogP contribution is 2.33. The third-order valence-corrected chi connectivity index (χ3v) is 4.74. The molecule has 0 aliphatic carbocycles. The Morgan fingerprint density at radius 3 is 2.96 bits per heavy atom. The van der Waals surface area contributed by atoms with E-state index in [9.17, 15) is 9.18 Å². The standard InChI is InChI=1S/C21H20FN3O2/c1-14-5-2-8-18(24-14)21(26)25-10-4-9-19(25)20-23-13-17(27-20)12-15-6-3-7-16(22)11-15/h2-3,5-8,11,13,19H,4,9-10,12H2,1H3. The normalized spacial score (nSPS) is 16.7. The summed E-state index contributed by atoms with van der Waals surface area (Å²) in [4.78, 5) is 23.4. The van der Waals surface area contributed by atoms with Crippen LogP contribution in [0.3, 0.4) is 0 Å². The minimum absolute atomic E-state index is 0.105. The molecule has 0 spiro atoms. The number of nitrogens with zero attached hydrogens (tertiary/aromatic N) is 3. The number of rotatable bonds is 4. The average Bonchev–Trinajstić information content (AvgIpc) is 3.30. The van der Waals surface area contributed by atoms with E-state index in [1.165, 1.54) is 12.1 Å². The molecular weight excluding hydrogens is 345 g/mol. The first-order valence-corrected chi connectivity index (χ1v) is 9.04. The predicted octanol–water partition coefficient (Wildman–Crippen LogP) is 4.09. The van der Waals surface area contributed by atoms with Gasteiger partial charge in [-0.15, -0.1) is 0 Å². The Labute approximate surface area is 156 Å². The van der Waals surface area contributed by atoms with E-state index in [-0.39, 0.29) is 17.8 Å². The molecule has 5 nitrogen and oxygen atoms in total. The molecule has 2 aromatic heterocycles. The fraction of sp³-hybridized carbons (Fsp3) is 0.286. The summed E-state index contributed by atoms with van der Waals surface area (Å²) in [6.07, 6.45) is 3.82. The number of likely N-dealkylation sites (tertiary alicyclic amines) is 1. The minimum atomic E-state index is -0.273. The van der Waals surface area contributed by atoms with Gasteiger partial charge in [0.2, 0.25) is 5.89 Å². The van der Waals surface area contributed by atoms with Gasteiger partial charge in [0.05, 0.1) is 6.20 Å². The first-order chi connectivity index (χ1) is 13.1. The lowest BCUT2D eigenvalue weighted by molar-refractivity contribution is 0.0708. The lowest BCUT2D eigenvalue weighted by atomic mass is 10.1. The smallest absolute Gasteiger partial charge is 0.273 e. The zero-order chi connectivity index (χ0) is 18.8. The number of hydrogen-bond donors (Lipinski definition) is 0. The van der Waals surface area contributed by atoms with Crippen LogP contribution < -0.4 is 0 Å². The van der Waals surface area contributed by atoms with Crippen molar-refractivity contribution < 1.29 is 13.6 Å². The topological polar surface area (TPSA) is 59.2 Å². The monoisotopic (exact) mass is 365 g/mol. The Bertz CT molecular complexity index is 969. The molecule has 0 radical (unpaired) electrons. The molecule has 138 valence electrons. The second-order valence-corrected chi connectivity index (χ2v) is 6.79. The van der Waals surface area contributed by atoms with E-state index < -0.39 is 0 Å². The van der Waals surface area contributed by atoms with Gasteiger partial charge >= 0.3 is 0 Å². The highest BCUT2D eigenvalue weighted by Gasteiger charge is 2.34. The maximum atomic E-state index is 13.4. The van der Waals surface area contributed by atoms with Crippen LogP contribution in [0.4, 0.5) is 4.39 Å². The number of halogens is 1. The van der Waals surface area contributed by atoms with Crippen molar-refractivity contribution in [1.29, 1.82) is 0 Å². The van der Waals surface area contributed by atoms with Gasteiger partial charge in [-0.3, -0.25) is 4.79 Å². The van der Waals surface area contributed by atoms with Crippen LogP contribution in [0.2, 0.25) is 0 Å². The molecule has 6 heteroatoms. The SMILES string of the molecule is Cc1cccc(C(=O)N2CCCC2c2ncc(Cc3cccc(F)c3)o2)n1. The van der Waals surface area contributed by atoms with Gasteiger partial charge in [0, 0.05) is 18.7 Å². The molecule has 1 amide bonds. The van der Waals surface area contributed by atoms with Crippen molar-refractivity contribution in [3.05, 3.63) is 83.1 Å². The molecular formula is C21H20FN3O2. The number of oxazole rings is 1. The summed E-state index contributed by atoms with van der Waals surface area (Å²) in [5, 5.41) is 0. The summed E-state index contributed by atoms with van der Waals surface area (Å²) < 4.78 is 19.3. The van der Waals surface area contributed by atoms with E-state index in [0.717, 1.165) is 24.1 Å². The number of carbonyl (C=O) groups excluding carboxylic acids is 1. The molecule has 0 bridgehead atoms. The Morgan fingerprint density at radius 2 is 2.15 bits per heavy atom. The van der Waals surface area contributed by atoms with Crippen LogP contribution in [0.1, 0.15) is 52.3 Å². The molecule has 3 aromatic rings. The van der Waals surface area contributed by atoms with Crippen LogP contribution in [0.15, 0.2) is 53.1 Å². The molecule has 1 saturated heterocycles. The quantitative estimate of drug-likeness (QED) is 0.699. The molecule has 4 rings (SSSR count). The van der Waals surface area contributed by atoms with Gasteiger partial charge in [-0.1, -0.05) is 18.2 Å². The number of carbonyl (C=O) groups is 1. The van der Waals surface area contributed by atoms with Crippen molar-refractivity contribution in [2.24, 2.45) is 0 Å². The number of aryl methyl sites for hydroxylation is 1. The van der Waals surface area contributed by atoms with Crippen molar-refractivity contribution in [2.75, 3.05) is 6.54 Å². The zero-order valence-electron chi connectivity index (χ0n) is 15.1.